The lowest BCUT2D eigenvalue weighted by molar-refractivity contribution is 0.194. The summed E-state index contributed by atoms with van der Waals surface area (Å²) in [7, 11) is 0. The molecule has 0 fully saturated rings. The summed E-state index contributed by atoms with van der Waals surface area (Å²) in [6.07, 6.45) is 4.14. The Morgan fingerprint density at radius 2 is 2.00 bits per heavy atom. The molecule has 0 radical (unpaired) electrons. The zero-order valence-corrected chi connectivity index (χ0v) is 9.85. The first kappa shape index (κ1) is 13.8. The van der Waals surface area contributed by atoms with E-state index in [0.717, 1.165) is 45.3 Å². The molecule has 0 atom stereocenters. The number of aliphatic hydroxyl groups is 1. The lowest BCUT2D eigenvalue weighted by atomic mass is 10.2. The smallest absolute Gasteiger partial charge is 0.0727 e. The minimum atomic E-state index is 0.245. The molecule has 0 saturated heterocycles. The highest BCUT2D eigenvalue weighted by Crippen LogP contribution is 1.99. The Morgan fingerprint density at radius 3 is 2.50 bits per heavy atom. The number of hydrogen-bond donors (Lipinski definition) is 2. The van der Waals surface area contributed by atoms with Gasteiger partial charge < -0.3 is 15.7 Å². The van der Waals surface area contributed by atoms with Gasteiger partial charge in [-0.05, 0) is 38.8 Å². The molecule has 0 aliphatic heterocycles. The second-order valence-electron chi connectivity index (χ2n) is 3.49. The summed E-state index contributed by atoms with van der Waals surface area (Å²) in [4.78, 5) is 2.88. The second kappa shape index (κ2) is 9.37. The van der Waals surface area contributed by atoms with Gasteiger partial charge in [0, 0.05) is 6.54 Å². The first-order chi connectivity index (χ1) is 6.70. The largest absolute Gasteiger partial charge is 0.395 e. The Morgan fingerprint density at radius 1 is 1.29 bits per heavy atom. The fourth-order valence-corrected chi connectivity index (χ4v) is 1.57. The monoisotopic (exact) mass is 218 g/mol. The molecule has 14 heavy (non-hydrogen) atoms. The molecule has 0 aromatic rings. The quantitative estimate of drug-likeness (QED) is 0.450. The van der Waals surface area contributed by atoms with E-state index in [-0.39, 0.29) is 6.61 Å². The van der Waals surface area contributed by atoms with E-state index < -0.39 is 0 Å². The van der Waals surface area contributed by atoms with Gasteiger partial charge in [-0.1, -0.05) is 19.1 Å². The van der Waals surface area contributed by atoms with Crippen LogP contribution in [-0.4, -0.2) is 41.2 Å². The molecule has 0 aliphatic carbocycles. The number of hydrogen-bond acceptors (Lipinski definition) is 3. The molecule has 3 N–H and O–H groups in total. The van der Waals surface area contributed by atoms with Crippen molar-refractivity contribution in [1.29, 1.82) is 0 Å². The van der Waals surface area contributed by atoms with Crippen LogP contribution >= 0.6 is 12.2 Å². The third-order valence-corrected chi connectivity index (χ3v) is 2.31. The van der Waals surface area contributed by atoms with Crippen molar-refractivity contribution in [2.24, 2.45) is 5.73 Å². The van der Waals surface area contributed by atoms with Gasteiger partial charge in [-0.25, -0.2) is 0 Å². The van der Waals surface area contributed by atoms with E-state index in [2.05, 4.69) is 11.8 Å². The van der Waals surface area contributed by atoms with Crippen molar-refractivity contribution >= 4 is 17.2 Å². The zero-order chi connectivity index (χ0) is 10.8. The van der Waals surface area contributed by atoms with Crippen molar-refractivity contribution in [2.45, 2.75) is 32.6 Å². The first-order valence-electron chi connectivity index (χ1n) is 5.32. The van der Waals surface area contributed by atoms with Crippen molar-refractivity contribution in [3.05, 3.63) is 0 Å². The Hall–Kier alpha value is -0.190. The molecule has 3 nitrogen and oxygen atoms in total. The van der Waals surface area contributed by atoms with Crippen molar-refractivity contribution < 1.29 is 5.11 Å². The average molecular weight is 218 g/mol. The Kier molecular flexibility index (Phi) is 9.24. The van der Waals surface area contributed by atoms with Crippen molar-refractivity contribution in [1.82, 2.24) is 4.90 Å². The molecule has 0 aliphatic rings. The highest BCUT2D eigenvalue weighted by atomic mass is 32.1. The van der Waals surface area contributed by atoms with Crippen LogP contribution in [0.2, 0.25) is 0 Å². The highest BCUT2D eigenvalue weighted by molar-refractivity contribution is 7.80. The molecule has 0 amide bonds. The number of aliphatic hydroxyl groups excluding tert-OH is 1. The van der Waals surface area contributed by atoms with Crippen LogP contribution in [0.25, 0.3) is 0 Å². The van der Waals surface area contributed by atoms with E-state index in [1.165, 1.54) is 0 Å². The lowest BCUT2D eigenvalue weighted by Crippen LogP contribution is -2.28. The van der Waals surface area contributed by atoms with Gasteiger partial charge in [0.2, 0.25) is 0 Å². The molecule has 0 spiro atoms. The third-order valence-electron chi connectivity index (χ3n) is 2.10. The van der Waals surface area contributed by atoms with Gasteiger partial charge in [0.15, 0.2) is 0 Å². The fourth-order valence-electron chi connectivity index (χ4n) is 1.43. The Labute approximate surface area is 92.3 Å². The molecule has 0 unspecified atom stereocenters. The van der Waals surface area contributed by atoms with Crippen LogP contribution in [0.5, 0.6) is 0 Å². The summed E-state index contributed by atoms with van der Waals surface area (Å²) >= 11 is 4.80. The number of thiocarbonyl (C=S) groups is 1. The second-order valence-corrected chi connectivity index (χ2v) is 4.01. The van der Waals surface area contributed by atoms with E-state index in [1.807, 2.05) is 0 Å². The summed E-state index contributed by atoms with van der Waals surface area (Å²) in [6.45, 7) is 5.28. The average Bonchev–Trinajstić information content (AvgIpc) is 2.12. The summed E-state index contributed by atoms with van der Waals surface area (Å²) in [5.41, 5.74) is 5.40. The molecule has 84 valence electrons. The normalized spacial score (nSPS) is 10.8. The van der Waals surface area contributed by atoms with Crippen LogP contribution in [0.3, 0.4) is 0 Å². The number of nitrogens with zero attached hydrogens (tertiary/aromatic N) is 1. The van der Waals surface area contributed by atoms with Gasteiger partial charge in [0.05, 0.1) is 11.6 Å². The summed E-state index contributed by atoms with van der Waals surface area (Å²) in [5.74, 6) is 0. The Bertz CT molecular complexity index is 147. The molecular weight excluding hydrogens is 196 g/mol. The standard InChI is InChI=1S/C10H22N2OS/c1-2-6-12(8-9-13)7-4-3-5-10(11)14/h13H,2-9H2,1H3,(H2,11,14). The maximum Gasteiger partial charge on any atom is 0.0727 e. The van der Waals surface area contributed by atoms with E-state index in [9.17, 15) is 0 Å². The third kappa shape index (κ3) is 8.41. The van der Waals surface area contributed by atoms with E-state index in [4.69, 9.17) is 23.1 Å². The maximum absolute atomic E-state index is 8.83. The number of unbranched alkanes of at least 4 members (excludes halogenated alkanes) is 1. The zero-order valence-electron chi connectivity index (χ0n) is 9.04. The van der Waals surface area contributed by atoms with Gasteiger partial charge in [0.25, 0.3) is 0 Å². The minimum Gasteiger partial charge on any atom is -0.395 e. The molecule has 0 aromatic heterocycles. The number of rotatable bonds is 9. The molecule has 4 heteroatoms. The summed E-state index contributed by atoms with van der Waals surface area (Å²) < 4.78 is 0. The maximum atomic E-state index is 8.83. The van der Waals surface area contributed by atoms with E-state index in [1.54, 1.807) is 0 Å². The van der Waals surface area contributed by atoms with E-state index in [0.29, 0.717) is 4.99 Å². The van der Waals surface area contributed by atoms with Crippen molar-refractivity contribution in [3.63, 3.8) is 0 Å². The van der Waals surface area contributed by atoms with Crippen molar-refractivity contribution in [2.75, 3.05) is 26.2 Å². The number of nitrogens with two attached hydrogens (primary N) is 1. The van der Waals surface area contributed by atoms with Crippen LogP contribution < -0.4 is 5.73 Å². The minimum absolute atomic E-state index is 0.245. The summed E-state index contributed by atoms with van der Waals surface area (Å²) in [6, 6.07) is 0. The fraction of sp³-hybridized carbons (Fsp3) is 0.900. The predicted octanol–water partition coefficient (Wildman–Crippen LogP) is 1.15. The Balaban J connectivity index is 3.44. The SMILES string of the molecule is CCCN(CCO)CCCCC(N)=S. The van der Waals surface area contributed by atoms with Crippen LogP contribution in [0, 0.1) is 0 Å². The van der Waals surface area contributed by atoms with Crippen LogP contribution in [0.4, 0.5) is 0 Å². The first-order valence-corrected chi connectivity index (χ1v) is 5.73. The molecule has 0 saturated carbocycles. The molecule has 0 bridgehead atoms. The van der Waals surface area contributed by atoms with Crippen LogP contribution in [0.1, 0.15) is 32.6 Å². The van der Waals surface area contributed by atoms with Gasteiger partial charge in [-0.2, -0.15) is 0 Å². The highest BCUT2D eigenvalue weighted by Gasteiger charge is 2.02. The van der Waals surface area contributed by atoms with Gasteiger partial charge in [-0.15, -0.1) is 0 Å². The van der Waals surface area contributed by atoms with Crippen LogP contribution in [0.15, 0.2) is 0 Å². The lowest BCUT2D eigenvalue weighted by Gasteiger charge is -2.20. The van der Waals surface area contributed by atoms with Gasteiger partial charge in [0.1, 0.15) is 0 Å². The molecule has 0 aromatic carbocycles. The molecule has 0 rings (SSSR count). The van der Waals surface area contributed by atoms with Crippen molar-refractivity contribution in [3.8, 4) is 0 Å². The topological polar surface area (TPSA) is 49.5 Å². The predicted molar refractivity (Wildman–Crippen MR) is 64.5 cm³/mol. The van der Waals surface area contributed by atoms with Gasteiger partial charge in [-0.3, -0.25) is 0 Å². The molecule has 0 heterocycles. The van der Waals surface area contributed by atoms with E-state index >= 15 is 0 Å². The molecular formula is C10H22N2OS. The van der Waals surface area contributed by atoms with Crippen LogP contribution in [-0.2, 0) is 0 Å². The summed E-state index contributed by atoms with van der Waals surface area (Å²) in [5, 5.41) is 8.83. The van der Waals surface area contributed by atoms with Gasteiger partial charge >= 0.3 is 0 Å².